The second-order valence-electron chi connectivity index (χ2n) is 6.98. The molecule has 3 N–H and O–H groups in total. The largest absolute Gasteiger partial charge is 0.351 e. The van der Waals surface area contributed by atoms with E-state index in [1.165, 1.54) is 0 Å². The second-order valence-corrected chi connectivity index (χ2v) is 6.98. The summed E-state index contributed by atoms with van der Waals surface area (Å²) in [4.78, 5) is 26.1. The summed E-state index contributed by atoms with van der Waals surface area (Å²) < 4.78 is 0. The second kappa shape index (κ2) is 6.77. The lowest BCUT2D eigenvalue weighted by Gasteiger charge is -2.38. The standard InChI is InChI=1S/C16H29N3O2/c1-12-5-7-16(11-17,8-6-12)15(21)18-13(2)10-19-9-3-4-14(19)20/h12-13H,3-11,17H2,1-2H3,(H,18,21). The average Bonchev–Trinajstić information content (AvgIpc) is 2.85. The van der Waals surface area contributed by atoms with Gasteiger partial charge in [-0.05, 0) is 44.9 Å². The molecule has 1 unspecified atom stereocenters. The van der Waals surface area contributed by atoms with Crippen LogP contribution in [0, 0.1) is 11.3 Å². The van der Waals surface area contributed by atoms with Crippen molar-refractivity contribution in [2.24, 2.45) is 17.1 Å². The molecule has 1 saturated heterocycles. The molecular weight excluding hydrogens is 266 g/mol. The number of nitrogens with two attached hydrogens (primary N) is 1. The zero-order valence-electron chi connectivity index (χ0n) is 13.4. The van der Waals surface area contributed by atoms with Gasteiger partial charge in [-0.25, -0.2) is 0 Å². The number of nitrogens with one attached hydrogen (secondary N) is 1. The molecule has 120 valence electrons. The van der Waals surface area contributed by atoms with Gasteiger partial charge in [-0.15, -0.1) is 0 Å². The molecule has 21 heavy (non-hydrogen) atoms. The molecule has 5 nitrogen and oxygen atoms in total. The van der Waals surface area contributed by atoms with E-state index in [1.807, 2.05) is 11.8 Å². The van der Waals surface area contributed by atoms with Crippen LogP contribution >= 0.6 is 0 Å². The van der Waals surface area contributed by atoms with Crippen LogP contribution in [-0.2, 0) is 9.59 Å². The van der Waals surface area contributed by atoms with Crippen LogP contribution in [0.3, 0.4) is 0 Å². The SMILES string of the molecule is CC1CCC(CN)(C(=O)NC(C)CN2CCCC2=O)CC1. The Hall–Kier alpha value is -1.10. The molecular formula is C16H29N3O2. The van der Waals surface area contributed by atoms with Crippen LogP contribution in [0.4, 0.5) is 0 Å². The summed E-state index contributed by atoms with van der Waals surface area (Å²) >= 11 is 0. The van der Waals surface area contributed by atoms with Crippen LogP contribution in [0.2, 0.25) is 0 Å². The van der Waals surface area contributed by atoms with Crippen LogP contribution < -0.4 is 11.1 Å². The summed E-state index contributed by atoms with van der Waals surface area (Å²) in [5.74, 6) is 0.976. The molecule has 2 rings (SSSR count). The Kier molecular flexibility index (Phi) is 5.25. The number of carbonyl (C=O) groups is 2. The molecule has 0 aromatic rings. The van der Waals surface area contributed by atoms with Gasteiger partial charge in [0.25, 0.3) is 0 Å². The fourth-order valence-electron chi connectivity index (χ4n) is 3.49. The van der Waals surface area contributed by atoms with E-state index < -0.39 is 5.41 Å². The Labute approximate surface area is 127 Å². The van der Waals surface area contributed by atoms with Crippen molar-refractivity contribution in [2.45, 2.75) is 58.4 Å². The molecule has 1 aliphatic carbocycles. The summed E-state index contributed by atoms with van der Waals surface area (Å²) in [5.41, 5.74) is 5.53. The fourth-order valence-corrected chi connectivity index (χ4v) is 3.49. The van der Waals surface area contributed by atoms with Crippen LogP contribution in [-0.4, -0.2) is 42.4 Å². The van der Waals surface area contributed by atoms with E-state index in [9.17, 15) is 9.59 Å². The summed E-state index contributed by atoms with van der Waals surface area (Å²) in [6.45, 7) is 6.06. The first-order valence-electron chi connectivity index (χ1n) is 8.25. The minimum Gasteiger partial charge on any atom is -0.351 e. The van der Waals surface area contributed by atoms with Crippen molar-refractivity contribution in [3.05, 3.63) is 0 Å². The first-order chi connectivity index (χ1) is 9.97. The minimum atomic E-state index is -0.393. The highest BCUT2D eigenvalue weighted by Gasteiger charge is 2.40. The van der Waals surface area contributed by atoms with Gasteiger partial charge in [0.1, 0.15) is 0 Å². The third-order valence-corrected chi connectivity index (χ3v) is 5.15. The molecule has 1 atom stereocenters. The maximum Gasteiger partial charge on any atom is 0.227 e. The normalized spacial score (nSPS) is 31.3. The summed E-state index contributed by atoms with van der Waals surface area (Å²) in [7, 11) is 0. The number of hydrogen-bond donors (Lipinski definition) is 2. The van der Waals surface area contributed by atoms with Crippen molar-refractivity contribution in [1.82, 2.24) is 10.2 Å². The Bertz CT molecular complexity index is 389. The molecule has 0 radical (unpaired) electrons. The van der Waals surface area contributed by atoms with Gasteiger partial charge in [-0.2, -0.15) is 0 Å². The fraction of sp³-hybridized carbons (Fsp3) is 0.875. The maximum absolute atomic E-state index is 12.6. The highest BCUT2D eigenvalue weighted by molar-refractivity contribution is 5.83. The lowest BCUT2D eigenvalue weighted by Crippen LogP contribution is -2.52. The molecule has 2 aliphatic rings. The maximum atomic E-state index is 12.6. The van der Waals surface area contributed by atoms with Crippen LogP contribution in [0.15, 0.2) is 0 Å². The lowest BCUT2D eigenvalue weighted by atomic mass is 9.70. The Morgan fingerprint density at radius 1 is 1.48 bits per heavy atom. The first kappa shape index (κ1) is 16.3. The van der Waals surface area contributed by atoms with E-state index in [0.717, 1.165) is 38.6 Å². The van der Waals surface area contributed by atoms with Gasteiger partial charge in [-0.3, -0.25) is 9.59 Å². The molecule has 2 amide bonds. The molecule has 0 bridgehead atoms. The van der Waals surface area contributed by atoms with Crippen LogP contribution in [0.25, 0.3) is 0 Å². The van der Waals surface area contributed by atoms with Crippen molar-refractivity contribution in [2.75, 3.05) is 19.6 Å². The van der Waals surface area contributed by atoms with Gasteiger partial charge in [0, 0.05) is 32.1 Å². The highest BCUT2D eigenvalue weighted by Crippen LogP contribution is 2.38. The number of carbonyl (C=O) groups excluding carboxylic acids is 2. The molecule has 0 aromatic heterocycles. The van der Waals surface area contributed by atoms with Gasteiger partial charge >= 0.3 is 0 Å². The monoisotopic (exact) mass is 295 g/mol. The lowest BCUT2D eigenvalue weighted by molar-refractivity contribution is -0.134. The number of likely N-dealkylation sites (tertiary alicyclic amines) is 1. The Morgan fingerprint density at radius 2 is 2.14 bits per heavy atom. The van der Waals surface area contributed by atoms with Gasteiger partial charge < -0.3 is 16.0 Å². The van der Waals surface area contributed by atoms with Crippen molar-refractivity contribution < 1.29 is 9.59 Å². The summed E-state index contributed by atoms with van der Waals surface area (Å²) in [5, 5.41) is 3.09. The zero-order valence-corrected chi connectivity index (χ0v) is 13.4. The van der Waals surface area contributed by atoms with E-state index in [-0.39, 0.29) is 17.9 Å². The van der Waals surface area contributed by atoms with Crippen molar-refractivity contribution in [3.8, 4) is 0 Å². The van der Waals surface area contributed by atoms with E-state index in [1.54, 1.807) is 0 Å². The number of rotatable bonds is 5. The quantitative estimate of drug-likeness (QED) is 0.802. The van der Waals surface area contributed by atoms with Crippen LogP contribution in [0.5, 0.6) is 0 Å². The Balaban J connectivity index is 1.88. The molecule has 2 fully saturated rings. The summed E-state index contributed by atoms with van der Waals surface area (Å²) in [6.07, 6.45) is 5.49. The third kappa shape index (κ3) is 3.76. The first-order valence-corrected chi connectivity index (χ1v) is 8.25. The van der Waals surface area contributed by atoms with Gasteiger partial charge in [0.15, 0.2) is 0 Å². The van der Waals surface area contributed by atoms with Gasteiger partial charge in [-0.1, -0.05) is 6.92 Å². The molecule has 0 aromatic carbocycles. The van der Waals surface area contributed by atoms with E-state index >= 15 is 0 Å². The van der Waals surface area contributed by atoms with Crippen LogP contribution in [0.1, 0.15) is 52.4 Å². The number of nitrogens with zero attached hydrogens (tertiary/aromatic N) is 1. The van der Waals surface area contributed by atoms with E-state index in [0.29, 0.717) is 25.4 Å². The molecule has 0 spiro atoms. The predicted molar refractivity (Wildman–Crippen MR) is 82.5 cm³/mol. The summed E-state index contributed by atoms with van der Waals surface area (Å²) in [6, 6.07) is -0.0117. The highest BCUT2D eigenvalue weighted by atomic mass is 16.2. The molecule has 1 heterocycles. The van der Waals surface area contributed by atoms with Crippen molar-refractivity contribution >= 4 is 11.8 Å². The minimum absolute atomic E-state index is 0.0117. The van der Waals surface area contributed by atoms with E-state index in [2.05, 4.69) is 12.2 Å². The van der Waals surface area contributed by atoms with Gasteiger partial charge in [0.2, 0.25) is 11.8 Å². The predicted octanol–water partition coefficient (Wildman–Crippen LogP) is 1.27. The average molecular weight is 295 g/mol. The smallest absolute Gasteiger partial charge is 0.227 e. The van der Waals surface area contributed by atoms with Crippen molar-refractivity contribution in [1.29, 1.82) is 0 Å². The van der Waals surface area contributed by atoms with Gasteiger partial charge in [0.05, 0.1) is 5.41 Å². The number of amides is 2. The van der Waals surface area contributed by atoms with E-state index in [4.69, 9.17) is 5.73 Å². The number of hydrogen-bond acceptors (Lipinski definition) is 3. The van der Waals surface area contributed by atoms with Crippen molar-refractivity contribution in [3.63, 3.8) is 0 Å². The Morgan fingerprint density at radius 3 is 2.67 bits per heavy atom. The molecule has 1 saturated carbocycles. The topological polar surface area (TPSA) is 75.4 Å². The zero-order chi connectivity index (χ0) is 15.5. The third-order valence-electron chi connectivity index (χ3n) is 5.15. The molecule has 1 aliphatic heterocycles. The molecule has 5 heteroatoms.